The minimum atomic E-state index is -1.14. The Balaban J connectivity index is 1.69. The highest BCUT2D eigenvalue weighted by molar-refractivity contribution is 7.99. The molecule has 0 aliphatic carbocycles. The van der Waals surface area contributed by atoms with Crippen molar-refractivity contribution in [1.82, 2.24) is 10.2 Å². The van der Waals surface area contributed by atoms with E-state index in [1.54, 1.807) is 43.0 Å². The third-order valence-electron chi connectivity index (χ3n) is 4.08. The zero-order valence-electron chi connectivity index (χ0n) is 13.5. The maximum absolute atomic E-state index is 12.8. The highest BCUT2D eigenvalue weighted by Crippen LogP contribution is 2.33. The quantitative estimate of drug-likeness (QED) is 0.597. The highest BCUT2D eigenvalue weighted by Gasteiger charge is 2.49. The monoisotopic (exact) mass is 394 g/mol. The van der Waals surface area contributed by atoms with Crippen molar-refractivity contribution >= 4 is 46.9 Å². The van der Waals surface area contributed by atoms with Crippen molar-refractivity contribution in [1.29, 1.82) is 0 Å². The Hall–Kier alpha value is -1.69. The third kappa shape index (κ3) is 3.64. The van der Waals surface area contributed by atoms with Crippen molar-refractivity contribution in [3.63, 3.8) is 0 Å². The maximum Gasteiger partial charge on any atom is 0.325 e. The standard InChI is InChI=1S/C18H16Cl2N2O2S/c1-18(14-4-2-3-5-15(14)20)16(23)22(17(24)21-18)10-11-25-13-8-6-12(19)7-9-13/h2-9H,10-11H2,1H3,(H,21,24). The molecule has 0 radical (unpaired) electrons. The summed E-state index contributed by atoms with van der Waals surface area (Å²) in [5.41, 5.74) is -0.539. The van der Waals surface area contributed by atoms with E-state index in [0.29, 0.717) is 27.9 Å². The second kappa shape index (κ2) is 7.28. The second-order valence-corrected chi connectivity index (χ2v) is 7.81. The van der Waals surface area contributed by atoms with E-state index < -0.39 is 11.6 Å². The molecular formula is C18H16Cl2N2O2S. The number of halogens is 2. The Kier molecular flexibility index (Phi) is 5.27. The fourth-order valence-electron chi connectivity index (χ4n) is 2.73. The first-order valence-electron chi connectivity index (χ1n) is 7.69. The first-order valence-corrected chi connectivity index (χ1v) is 9.43. The zero-order valence-corrected chi connectivity index (χ0v) is 15.8. The maximum atomic E-state index is 12.8. The summed E-state index contributed by atoms with van der Waals surface area (Å²) >= 11 is 13.6. The van der Waals surface area contributed by atoms with Gasteiger partial charge in [-0.1, -0.05) is 41.4 Å². The average Bonchev–Trinajstić information content (AvgIpc) is 2.81. The number of imide groups is 1. The van der Waals surface area contributed by atoms with E-state index in [1.165, 1.54) is 4.90 Å². The van der Waals surface area contributed by atoms with Crippen LogP contribution in [0.25, 0.3) is 0 Å². The van der Waals surface area contributed by atoms with E-state index in [1.807, 2.05) is 24.3 Å². The van der Waals surface area contributed by atoms with Crippen LogP contribution in [-0.4, -0.2) is 29.1 Å². The van der Waals surface area contributed by atoms with Crippen LogP contribution in [0, 0.1) is 0 Å². The van der Waals surface area contributed by atoms with Gasteiger partial charge in [0.15, 0.2) is 0 Å². The topological polar surface area (TPSA) is 49.4 Å². The molecule has 1 unspecified atom stereocenters. The number of rotatable bonds is 5. The molecule has 0 bridgehead atoms. The largest absolute Gasteiger partial charge is 0.325 e. The van der Waals surface area contributed by atoms with Crippen LogP contribution in [0.1, 0.15) is 12.5 Å². The molecule has 3 amide bonds. The van der Waals surface area contributed by atoms with Gasteiger partial charge in [-0.15, -0.1) is 11.8 Å². The highest BCUT2D eigenvalue weighted by atomic mass is 35.5. The molecule has 1 heterocycles. The van der Waals surface area contributed by atoms with Crippen molar-refractivity contribution in [2.24, 2.45) is 0 Å². The number of carbonyl (C=O) groups is 2. The molecule has 1 fully saturated rings. The molecule has 4 nitrogen and oxygen atoms in total. The van der Waals surface area contributed by atoms with Crippen LogP contribution in [0.15, 0.2) is 53.4 Å². The predicted octanol–water partition coefficient (Wildman–Crippen LogP) is 4.55. The molecule has 2 aromatic rings. The normalized spacial score (nSPS) is 20.0. The Morgan fingerprint density at radius 2 is 1.76 bits per heavy atom. The van der Waals surface area contributed by atoms with E-state index in [0.717, 1.165) is 4.90 Å². The number of carbonyl (C=O) groups excluding carboxylic acids is 2. The number of nitrogens with one attached hydrogen (secondary N) is 1. The van der Waals surface area contributed by atoms with Gasteiger partial charge in [0.25, 0.3) is 5.91 Å². The Labute approximate surface area is 160 Å². The minimum Gasteiger partial charge on any atom is -0.319 e. The zero-order chi connectivity index (χ0) is 18.0. The summed E-state index contributed by atoms with van der Waals surface area (Å²) in [6, 6.07) is 14.1. The molecule has 2 aromatic carbocycles. The van der Waals surface area contributed by atoms with E-state index in [2.05, 4.69) is 5.32 Å². The van der Waals surface area contributed by atoms with Gasteiger partial charge in [0.2, 0.25) is 0 Å². The predicted molar refractivity (Wildman–Crippen MR) is 101 cm³/mol. The van der Waals surface area contributed by atoms with Gasteiger partial charge in [0.1, 0.15) is 5.54 Å². The molecule has 3 rings (SSSR count). The SMILES string of the molecule is CC1(c2ccccc2Cl)NC(=O)N(CCSc2ccc(Cl)cc2)C1=O. The van der Waals surface area contributed by atoms with Gasteiger partial charge in [0.05, 0.1) is 0 Å². The summed E-state index contributed by atoms with van der Waals surface area (Å²) in [6.07, 6.45) is 0. The van der Waals surface area contributed by atoms with Gasteiger partial charge in [-0.25, -0.2) is 4.79 Å². The lowest BCUT2D eigenvalue weighted by atomic mass is 9.92. The molecule has 1 atom stereocenters. The molecular weight excluding hydrogens is 379 g/mol. The van der Waals surface area contributed by atoms with E-state index in [4.69, 9.17) is 23.2 Å². The van der Waals surface area contributed by atoms with E-state index >= 15 is 0 Å². The number of hydrogen-bond acceptors (Lipinski definition) is 3. The number of urea groups is 1. The Morgan fingerprint density at radius 3 is 2.44 bits per heavy atom. The number of hydrogen-bond donors (Lipinski definition) is 1. The molecule has 1 N–H and O–H groups in total. The Morgan fingerprint density at radius 1 is 1.08 bits per heavy atom. The summed E-state index contributed by atoms with van der Waals surface area (Å²) in [6.45, 7) is 2.00. The van der Waals surface area contributed by atoms with Gasteiger partial charge in [0, 0.05) is 32.8 Å². The summed E-state index contributed by atoms with van der Waals surface area (Å²) in [4.78, 5) is 27.4. The van der Waals surface area contributed by atoms with Gasteiger partial charge in [-0.2, -0.15) is 0 Å². The third-order valence-corrected chi connectivity index (χ3v) is 5.66. The van der Waals surface area contributed by atoms with Crippen molar-refractivity contribution < 1.29 is 9.59 Å². The molecule has 0 spiro atoms. The summed E-state index contributed by atoms with van der Waals surface area (Å²) in [5.74, 6) is 0.307. The first-order chi connectivity index (χ1) is 11.9. The molecule has 7 heteroatoms. The van der Waals surface area contributed by atoms with Crippen LogP contribution in [0.5, 0.6) is 0 Å². The van der Waals surface area contributed by atoms with Crippen LogP contribution in [0.2, 0.25) is 10.0 Å². The van der Waals surface area contributed by atoms with Gasteiger partial charge in [-0.3, -0.25) is 9.69 Å². The molecule has 130 valence electrons. The minimum absolute atomic E-state index is 0.290. The molecule has 0 saturated carbocycles. The number of benzene rings is 2. The van der Waals surface area contributed by atoms with Crippen molar-refractivity contribution in [3.05, 3.63) is 64.1 Å². The second-order valence-electron chi connectivity index (χ2n) is 5.79. The fraction of sp³-hybridized carbons (Fsp3) is 0.222. The van der Waals surface area contributed by atoms with Gasteiger partial charge < -0.3 is 5.32 Å². The summed E-state index contributed by atoms with van der Waals surface area (Å²) in [5, 5.41) is 3.90. The lowest BCUT2D eigenvalue weighted by Crippen LogP contribution is -2.41. The lowest BCUT2D eigenvalue weighted by molar-refractivity contribution is -0.130. The van der Waals surface area contributed by atoms with Crippen LogP contribution in [-0.2, 0) is 10.3 Å². The van der Waals surface area contributed by atoms with Crippen LogP contribution >= 0.6 is 35.0 Å². The molecule has 1 saturated heterocycles. The van der Waals surface area contributed by atoms with Crippen molar-refractivity contribution in [2.45, 2.75) is 17.4 Å². The fourth-order valence-corrected chi connectivity index (χ4v) is 4.02. The van der Waals surface area contributed by atoms with Gasteiger partial charge >= 0.3 is 6.03 Å². The van der Waals surface area contributed by atoms with Crippen molar-refractivity contribution in [2.75, 3.05) is 12.3 Å². The van der Waals surface area contributed by atoms with Crippen LogP contribution in [0.4, 0.5) is 4.79 Å². The van der Waals surface area contributed by atoms with Crippen LogP contribution < -0.4 is 5.32 Å². The summed E-state index contributed by atoms with van der Waals surface area (Å²) in [7, 11) is 0. The van der Waals surface area contributed by atoms with Gasteiger partial charge in [-0.05, 0) is 37.3 Å². The molecule has 1 aliphatic rings. The lowest BCUT2D eigenvalue weighted by Gasteiger charge is -2.23. The number of nitrogens with zero attached hydrogens (tertiary/aromatic N) is 1. The summed E-state index contributed by atoms with van der Waals surface area (Å²) < 4.78 is 0. The molecule has 0 aromatic heterocycles. The van der Waals surface area contributed by atoms with Crippen molar-refractivity contribution in [3.8, 4) is 0 Å². The smallest absolute Gasteiger partial charge is 0.319 e. The van der Waals surface area contributed by atoms with Crippen LogP contribution in [0.3, 0.4) is 0 Å². The van der Waals surface area contributed by atoms with E-state index in [9.17, 15) is 9.59 Å². The Bertz CT molecular complexity index is 813. The average molecular weight is 395 g/mol. The number of thioether (sulfide) groups is 1. The molecule has 25 heavy (non-hydrogen) atoms. The van der Waals surface area contributed by atoms with E-state index in [-0.39, 0.29) is 5.91 Å². The number of amides is 3. The first kappa shape index (κ1) is 18.1. The molecule has 1 aliphatic heterocycles.